The molecule has 0 atom stereocenters. The largest absolute Gasteiger partial charge is 0.492 e. The summed E-state index contributed by atoms with van der Waals surface area (Å²) >= 11 is 0. The van der Waals surface area contributed by atoms with E-state index in [1.807, 2.05) is 0 Å². The highest BCUT2D eigenvalue weighted by molar-refractivity contribution is 5.85. The third-order valence-corrected chi connectivity index (χ3v) is 1.98. The van der Waals surface area contributed by atoms with Crippen LogP contribution in [0.2, 0.25) is 0 Å². The third-order valence-electron chi connectivity index (χ3n) is 1.98. The zero-order valence-corrected chi connectivity index (χ0v) is 9.94. The first-order valence-electron chi connectivity index (χ1n) is 5.36. The fourth-order valence-corrected chi connectivity index (χ4v) is 1.28. The first-order valence-corrected chi connectivity index (χ1v) is 5.36. The SMILES string of the molecule is CC#CCCOc1cc(F)cc(/C=C/C(=O)O)c1. The van der Waals surface area contributed by atoms with Gasteiger partial charge in [0.15, 0.2) is 0 Å². The van der Waals surface area contributed by atoms with E-state index in [0.29, 0.717) is 24.3 Å². The van der Waals surface area contributed by atoms with Gasteiger partial charge in [0, 0.05) is 18.6 Å². The molecule has 4 heteroatoms. The van der Waals surface area contributed by atoms with Crippen LogP contribution in [-0.2, 0) is 4.79 Å². The maximum absolute atomic E-state index is 13.2. The van der Waals surface area contributed by atoms with Crippen LogP contribution in [0.15, 0.2) is 24.3 Å². The zero-order chi connectivity index (χ0) is 13.4. The Labute approximate surface area is 105 Å². The van der Waals surface area contributed by atoms with E-state index in [-0.39, 0.29) is 0 Å². The number of hydrogen-bond acceptors (Lipinski definition) is 2. The summed E-state index contributed by atoms with van der Waals surface area (Å²) < 4.78 is 18.6. The van der Waals surface area contributed by atoms with Crippen LogP contribution >= 0.6 is 0 Å². The predicted molar refractivity (Wildman–Crippen MR) is 66.6 cm³/mol. The summed E-state index contributed by atoms with van der Waals surface area (Å²) in [6, 6.07) is 4.05. The standard InChI is InChI=1S/C14H13FO3/c1-2-3-4-7-18-13-9-11(5-6-14(16)17)8-12(15)10-13/h5-6,8-10H,4,7H2,1H3,(H,16,17)/b6-5+. The number of halogens is 1. The first kappa shape index (κ1) is 13.8. The summed E-state index contributed by atoms with van der Waals surface area (Å²) in [4.78, 5) is 10.4. The fourth-order valence-electron chi connectivity index (χ4n) is 1.28. The molecule has 0 aromatic heterocycles. The molecule has 0 amide bonds. The average Bonchev–Trinajstić information content (AvgIpc) is 2.32. The highest BCUT2D eigenvalue weighted by atomic mass is 19.1. The van der Waals surface area contributed by atoms with Crippen LogP contribution in [0.1, 0.15) is 18.9 Å². The second-order valence-corrected chi connectivity index (χ2v) is 3.42. The Hall–Kier alpha value is -2.28. The van der Waals surface area contributed by atoms with Crippen LogP contribution in [0.5, 0.6) is 5.75 Å². The molecule has 94 valence electrons. The maximum Gasteiger partial charge on any atom is 0.328 e. The van der Waals surface area contributed by atoms with E-state index in [1.54, 1.807) is 13.0 Å². The molecular weight excluding hydrogens is 235 g/mol. The Morgan fingerprint density at radius 1 is 1.50 bits per heavy atom. The van der Waals surface area contributed by atoms with Crippen molar-refractivity contribution in [3.05, 3.63) is 35.7 Å². The topological polar surface area (TPSA) is 46.5 Å². The van der Waals surface area contributed by atoms with Gasteiger partial charge < -0.3 is 9.84 Å². The first-order chi connectivity index (χ1) is 8.61. The zero-order valence-electron chi connectivity index (χ0n) is 9.94. The van der Waals surface area contributed by atoms with Gasteiger partial charge in [-0.05, 0) is 30.7 Å². The second kappa shape index (κ2) is 7.13. The van der Waals surface area contributed by atoms with Crippen molar-refractivity contribution in [1.29, 1.82) is 0 Å². The van der Waals surface area contributed by atoms with E-state index in [0.717, 1.165) is 6.08 Å². The molecule has 0 unspecified atom stereocenters. The lowest BCUT2D eigenvalue weighted by Crippen LogP contribution is -1.97. The van der Waals surface area contributed by atoms with Gasteiger partial charge in [0.25, 0.3) is 0 Å². The molecular formula is C14H13FO3. The molecule has 0 bridgehead atoms. The average molecular weight is 248 g/mol. The molecule has 0 fully saturated rings. The Morgan fingerprint density at radius 2 is 2.28 bits per heavy atom. The van der Waals surface area contributed by atoms with Gasteiger partial charge in [-0.3, -0.25) is 0 Å². The fraction of sp³-hybridized carbons (Fsp3) is 0.214. The van der Waals surface area contributed by atoms with E-state index < -0.39 is 11.8 Å². The van der Waals surface area contributed by atoms with Crippen LogP contribution in [0.3, 0.4) is 0 Å². The molecule has 0 saturated carbocycles. The lowest BCUT2D eigenvalue weighted by Gasteiger charge is -2.05. The van der Waals surface area contributed by atoms with Gasteiger partial charge in [0.2, 0.25) is 0 Å². The summed E-state index contributed by atoms with van der Waals surface area (Å²) in [6.45, 7) is 2.10. The van der Waals surface area contributed by atoms with Crippen LogP contribution in [0, 0.1) is 17.7 Å². The Bertz CT molecular complexity index is 510. The predicted octanol–water partition coefficient (Wildman–Crippen LogP) is 2.72. The molecule has 0 aliphatic rings. The van der Waals surface area contributed by atoms with Crippen molar-refractivity contribution in [2.24, 2.45) is 0 Å². The maximum atomic E-state index is 13.2. The summed E-state index contributed by atoms with van der Waals surface area (Å²) in [6.07, 6.45) is 2.82. The summed E-state index contributed by atoms with van der Waals surface area (Å²) in [5.74, 6) is 4.36. The van der Waals surface area contributed by atoms with E-state index in [1.165, 1.54) is 18.2 Å². The normalized spacial score (nSPS) is 9.89. The quantitative estimate of drug-likeness (QED) is 0.495. The van der Waals surface area contributed by atoms with Crippen LogP contribution in [0.4, 0.5) is 4.39 Å². The van der Waals surface area contributed by atoms with Crippen molar-refractivity contribution in [2.75, 3.05) is 6.61 Å². The number of carboxylic acid groups (broad SMARTS) is 1. The molecule has 18 heavy (non-hydrogen) atoms. The molecule has 1 rings (SSSR count). The molecule has 0 aliphatic carbocycles. The van der Waals surface area contributed by atoms with Crippen molar-refractivity contribution in [3.63, 3.8) is 0 Å². The van der Waals surface area contributed by atoms with E-state index in [2.05, 4.69) is 11.8 Å². The minimum Gasteiger partial charge on any atom is -0.492 e. The van der Waals surface area contributed by atoms with Crippen molar-refractivity contribution in [3.8, 4) is 17.6 Å². The number of benzene rings is 1. The summed E-state index contributed by atoms with van der Waals surface area (Å²) in [5, 5.41) is 8.49. The molecule has 0 spiro atoms. The van der Waals surface area contributed by atoms with Crippen LogP contribution in [0.25, 0.3) is 6.08 Å². The molecule has 0 saturated heterocycles. The third kappa shape index (κ3) is 5.17. The van der Waals surface area contributed by atoms with Gasteiger partial charge in [-0.25, -0.2) is 9.18 Å². The molecule has 0 heterocycles. The Morgan fingerprint density at radius 3 is 2.94 bits per heavy atom. The second-order valence-electron chi connectivity index (χ2n) is 3.42. The number of rotatable bonds is 5. The van der Waals surface area contributed by atoms with Gasteiger partial charge >= 0.3 is 5.97 Å². The van der Waals surface area contributed by atoms with Crippen molar-refractivity contribution in [2.45, 2.75) is 13.3 Å². The van der Waals surface area contributed by atoms with Crippen LogP contribution in [-0.4, -0.2) is 17.7 Å². The van der Waals surface area contributed by atoms with E-state index in [9.17, 15) is 9.18 Å². The number of aliphatic carboxylic acids is 1. The highest BCUT2D eigenvalue weighted by Gasteiger charge is 2.00. The number of ether oxygens (including phenoxy) is 1. The minimum absolute atomic E-state index is 0.359. The van der Waals surface area contributed by atoms with Crippen molar-refractivity contribution < 1.29 is 19.0 Å². The van der Waals surface area contributed by atoms with Gasteiger partial charge in [-0.15, -0.1) is 11.8 Å². The van der Waals surface area contributed by atoms with Crippen LogP contribution < -0.4 is 4.74 Å². The molecule has 1 aromatic carbocycles. The summed E-state index contributed by atoms with van der Waals surface area (Å²) in [7, 11) is 0. The number of carboxylic acids is 1. The summed E-state index contributed by atoms with van der Waals surface area (Å²) in [5.41, 5.74) is 0.439. The molecule has 3 nitrogen and oxygen atoms in total. The van der Waals surface area contributed by atoms with Gasteiger partial charge in [0.1, 0.15) is 11.6 Å². The Balaban J connectivity index is 2.73. The van der Waals surface area contributed by atoms with Gasteiger partial charge in [-0.2, -0.15) is 0 Å². The van der Waals surface area contributed by atoms with Crippen molar-refractivity contribution in [1.82, 2.24) is 0 Å². The monoisotopic (exact) mass is 248 g/mol. The lowest BCUT2D eigenvalue weighted by atomic mass is 10.2. The Kier molecular flexibility index (Phi) is 5.46. The van der Waals surface area contributed by atoms with E-state index >= 15 is 0 Å². The van der Waals surface area contributed by atoms with Gasteiger partial charge in [-0.1, -0.05) is 0 Å². The number of carbonyl (C=O) groups is 1. The highest BCUT2D eigenvalue weighted by Crippen LogP contribution is 2.17. The molecule has 0 aliphatic heterocycles. The van der Waals surface area contributed by atoms with Gasteiger partial charge in [0.05, 0.1) is 6.61 Å². The smallest absolute Gasteiger partial charge is 0.328 e. The minimum atomic E-state index is -1.08. The molecule has 1 aromatic rings. The van der Waals surface area contributed by atoms with Crippen molar-refractivity contribution >= 4 is 12.0 Å². The lowest BCUT2D eigenvalue weighted by molar-refractivity contribution is -0.131. The molecule has 0 radical (unpaired) electrons. The van der Waals surface area contributed by atoms with E-state index in [4.69, 9.17) is 9.84 Å². The molecule has 1 N–H and O–H groups in total. The number of hydrogen-bond donors (Lipinski definition) is 1.